The number of likely N-dealkylation sites (tertiary alicyclic amines) is 1. The molecule has 5 atom stereocenters. The molecule has 3 fully saturated rings. The first kappa shape index (κ1) is 25.1. The Labute approximate surface area is 221 Å². The molecule has 1 aliphatic carbocycles. The fourth-order valence-electron chi connectivity index (χ4n) is 8.42. The second kappa shape index (κ2) is 10.5. The molecule has 37 heavy (non-hydrogen) atoms. The highest BCUT2D eigenvalue weighted by Gasteiger charge is 2.57. The Kier molecular flexibility index (Phi) is 7.11. The maximum atomic E-state index is 15.6. The number of piperidine rings is 1. The molecule has 1 unspecified atom stereocenters. The molecule has 6 rings (SSSR count). The highest BCUT2D eigenvalue weighted by Crippen LogP contribution is 2.43. The zero-order valence-corrected chi connectivity index (χ0v) is 22.4. The third-order valence-corrected chi connectivity index (χ3v) is 10.3. The Bertz CT molecular complexity index is 1100. The second-order valence-corrected chi connectivity index (χ2v) is 12.5. The van der Waals surface area contributed by atoms with Gasteiger partial charge in [0.1, 0.15) is 17.2 Å². The number of fused-ring (bicyclic) bond motifs is 2. The molecular weight excluding hydrogens is 461 g/mol. The SMILES string of the molecule is C[C@H]1Cc2cccc(F)c2[C@@]2(C[NH2+]CC2C(=O)N2CC[C@@H](c3ccccc3)C[C@H]2C2CCCCC2)C[NH2+]1. The van der Waals surface area contributed by atoms with Crippen molar-refractivity contribution in [3.8, 4) is 0 Å². The van der Waals surface area contributed by atoms with Crippen molar-refractivity contribution in [1.82, 2.24) is 4.90 Å². The normalized spacial score (nSPS) is 32.8. The fourth-order valence-corrected chi connectivity index (χ4v) is 8.42. The fraction of sp³-hybridized carbons (Fsp3) is 0.594. The standard InChI is InChI=1S/C32H42FN3O/c1-22-17-26-13-8-14-28(33)30(26)32(21-35-22)20-34-19-27(32)31(37)36-16-15-25(23-9-4-2-5-10-23)18-29(36)24-11-6-3-7-12-24/h2,4-5,8-10,13-14,22,24-25,27,29,34-35H,3,6-7,11-12,15-21H2,1H3/p+2/t22-,25+,27?,29-,32-/m0/s1. The van der Waals surface area contributed by atoms with E-state index in [9.17, 15) is 4.79 Å². The monoisotopic (exact) mass is 505 g/mol. The Hall–Kier alpha value is -2.24. The van der Waals surface area contributed by atoms with Crippen LogP contribution in [0.4, 0.5) is 4.39 Å². The van der Waals surface area contributed by atoms with Gasteiger partial charge in [-0.25, -0.2) is 4.39 Å². The summed E-state index contributed by atoms with van der Waals surface area (Å²) < 4.78 is 15.6. The third-order valence-electron chi connectivity index (χ3n) is 10.3. The van der Waals surface area contributed by atoms with E-state index in [1.165, 1.54) is 37.7 Å². The molecule has 2 aromatic carbocycles. The zero-order valence-electron chi connectivity index (χ0n) is 22.4. The molecule has 2 saturated heterocycles. The highest BCUT2D eigenvalue weighted by molar-refractivity contribution is 5.82. The maximum Gasteiger partial charge on any atom is 0.233 e. The van der Waals surface area contributed by atoms with Crippen molar-refractivity contribution in [3.63, 3.8) is 0 Å². The Morgan fingerprint density at radius 1 is 1.00 bits per heavy atom. The van der Waals surface area contributed by atoms with Crippen molar-refractivity contribution in [1.29, 1.82) is 0 Å². The molecule has 1 saturated carbocycles. The minimum absolute atomic E-state index is 0.111. The summed E-state index contributed by atoms with van der Waals surface area (Å²) in [6, 6.07) is 17.2. The van der Waals surface area contributed by atoms with E-state index in [2.05, 4.69) is 58.9 Å². The minimum atomic E-state index is -0.435. The third kappa shape index (κ3) is 4.63. The lowest BCUT2D eigenvalue weighted by Crippen LogP contribution is -2.93. The van der Waals surface area contributed by atoms with Crippen LogP contribution in [0, 0.1) is 17.7 Å². The Balaban J connectivity index is 1.33. The van der Waals surface area contributed by atoms with Crippen LogP contribution in [0.1, 0.15) is 74.5 Å². The van der Waals surface area contributed by atoms with E-state index in [-0.39, 0.29) is 11.7 Å². The van der Waals surface area contributed by atoms with E-state index in [1.807, 2.05) is 6.07 Å². The Morgan fingerprint density at radius 3 is 2.62 bits per heavy atom. The van der Waals surface area contributed by atoms with Crippen molar-refractivity contribution < 1.29 is 19.8 Å². The van der Waals surface area contributed by atoms with E-state index >= 15 is 4.39 Å². The van der Waals surface area contributed by atoms with Crippen LogP contribution in [-0.4, -0.2) is 49.1 Å². The van der Waals surface area contributed by atoms with Gasteiger partial charge in [-0.1, -0.05) is 61.7 Å². The van der Waals surface area contributed by atoms with Crippen LogP contribution in [0.2, 0.25) is 0 Å². The average molecular weight is 506 g/mol. The summed E-state index contributed by atoms with van der Waals surface area (Å²) in [6.45, 7) is 5.43. The number of nitrogens with two attached hydrogens (primary N) is 2. The molecule has 4 aliphatic rings. The van der Waals surface area contributed by atoms with E-state index in [0.717, 1.165) is 56.6 Å². The molecule has 1 spiro atoms. The number of halogens is 1. The predicted octanol–water partition coefficient (Wildman–Crippen LogP) is 3.12. The molecule has 4 N–H and O–H groups in total. The predicted molar refractivity (Wildman–Crippen MR) is 144 cm³/mol. The summed E-state index contributed by atoms with van der Waals surface area (Å²) in [7, 11) is 0. The van der Waals surface area contributed by atoms with Crippen LogP contribution in [0.5, 0.6) is 0 Å². The molecule has 0 aromatic heterocycles. The maximum absolute atomic E-state index is 15.6. The van der Waals surface area contributed by atoms with Crippen LogP contribution in [0.3, 0.4) is 0 Å². The smallest absolute Gasteiger partial charge is 0.233 e. The number of benzene rings is 2. The minimum Gasteiger partial charge on any atom is -0.345 e. The van der Waals surface area contributed by atoms with Gasteiger partial charge in [-0.3, -0.25) is 4.79 Å². The lowest BCUT2D eigenvalue weighted by atomic mass is 9.69. The molecule has 198 valence electrons. The van der Waals surface area contributed by atoms with Gasteiger partial charge in [0.25, 0.3) is 0 Å². The van der Waals surface area contributed by atoms with Gasteiger partial charge in [0, 0.05) is 24.6 Å². The summed E-state index contributed by atoms with van der Waals surface area (Å²) in [5.74, 6) is 1.14. The van der Waals surface area contributed by atoms with E-state index in [4.69, 9.17) is 0 Å². The van der Waals surface area contributed by atoms with Gasteiger partial charge in [-0.15, -0.1) is 0 Å². The second-order valence-electron chi connectivity index (χ2n) is 12.5. The number of carbonyl (C=O) groups is 1. The lowest BCUT2D eigenvalue weighted by Gasteiger charge is -2.46. The van der Waals surface area contributed by atoms with Crippen molar-refractivity contribution in [2.24, 2.45) is 11.8 Å². The van der Waals surface area contributed by atoms with Gasteiger partial charge in [-0.2, -0.15) is 0 Å². The average Bonchev–Trinajstić information content (AvgIpc) is 3.30. The van der Waals surface area contributed by atoms with Crippen LogP contribution >= 0.6 is 0 Å². The van der Waals surface area contributed by atoms with Gasteiger partial charge in [0.15, 0.2) is 0 Å². The molecule has 3 aliphatic heterocycles. The van der Waals surface area contributed by atoms with Crippen LogP contribution in [0.15, 0.2) is 48.5 Å². The first-order valence-electron chi connectivity index (χ1n) is 14.8. The van der Waals surface area contributed by atoms with Gasteiger partial charge in [0.2, 0.25) is 5.91 Å². The lowest BCUT2D eigenvalue weighted by molar-refractivity contribution is -0.697. The van der Waals surface area contributed by atoms with Crippen molar-refractivity contribution in [2.45, 2.75) is 81.7 Å². The zero-order chi connectivity index (χ0) is 25.4. The van der Waals surface area contributed by atoms with E-state index in [1.54, 1.807) is 6.07 Å². The molecule has 3 heterocycles. The number of nitrogens with zero attached hydrogens (tertiary/aromatic N) is 1. The molecule has 0 bridgehead atoms. The molecular formula is C32H44FN3O+2. The van der Waals surface area contributed by atoms with Crippen molar-refractivity contribution in [3.05, 3.63) is 71.0 Å². The van der Waals surface area contributed by atoms with E-state index < -0.39 is 5.41 Å². The van der Waals surface area contributed by atoms with Crippen LogP contribution in [0.25, 0.3) is 0 Å². The summed E-state index contributed by atoms with van der Waals surface area (Å²) in [5, 5.41) is 4.66. The van der Waals surface area contributed by atoms with Crippen molar-refractivity contribution in [2.75, 3.05) is 26.2 Å². The largest absolute Gasteiger partial charge is 0.345 e. The number of hydrogen-bond donors (Lipinski definition) is 2. The molecule has 0 radical (unpaired) electrons. The quantitative estimate of drug-likeness (QED) is 0.662. The first-order valence-corrected chi connectivity index (χ1v) is 14.8. The molecule has 1 amide bonds. The van der Waals surface area contributed by atoms with Gasteiger partial charge in [0.05, 0.1) is 25.7 Å². The topological polar surface area (TPSA) is 53.5 Å². The molecule has 5 heteroatoms. The summed E-state index contributed by atoms with van der Waals surface area (Å²) in [5.41, 5.74) is 2.94. The van der Waals surface area contributed by atoms with Crippen LogP contribution in [-0.2, 0) is 16.6 Å². The number of amides is 1. The van der Waals surface area contributed by atoms with Crippen LogP contribution < -0.4 is 10.6 Å². The number of carbonyl (C=O) groups excluding carboxylic acids is 1. The van der Waals surface area contributed by atoms with Gasteiger partial charge < -0.3 is 15.5 Å². The number of quaternary nitrogens is 2. The summed E-state index contributed by atoms with van der Waals surface area (Å²) in [4.78, 5) is 17.0. The Morgan fingerprint density at radius 2 is 1.81 bits per heavy atom. The first-order chi connectivity index (χ1) is 18.1. The summed E-state index contributed by atoms with van der Waals surface area (Å²) in [6.07, 6.45) is 9.32. The highest BCUT2D eigenvalue weighted by atomic mass is 19.1. The van der Waals surface area contributed by atoms with Gasteiger partial charge >= 0.3 is 0 Å². The summed E-state index contributed by atoms with van der Waals surface area (Å²) >= 11 is 0. The van der Waals surface area contributed by atoms with Crippen molar-refractivity contribution >= 4 is 5.91 Å². The molecule has 2 aromatic rings. The number of hydrogen-bond acceptors (Lipinski definition) is 1. The van der Waals surface area contributed by atoms with Gasteiger partial charge in [-0.05, 0) is 61.6 Å². The van der Waals surface area contributed by atoms with E-state index in [0.29, 0.717) is 29.8 Å². The molecule has 4 nitrogen and oxygen atoms in total. The number of rotatable bonds is 3.